The topological polar surface area (TPSA) is 37.3 Å². The van der Waals surface area contributed by atoms with E-state index in [-0.39, 0.29) is 6.42 Å². The molecule has 2 nitrogen and oxygen atoms in total. The molecule has 0 spiro atoms. The molecule has 0 saturated carbocycles. The molecule has 68 valence electrons. The molecule has 1 saturated heterocycles. The number of carbonyl (C=O) groups is 1. The van der Waals surface area contributed by atoms with E-state index in [4.69, 9.17) is 5.11 Å². The molecule has 1 unspecified atom stereocenters. The van der Waals surface area contributed by atoms with Gasteiger partial charge in [0.15, 0.2) is 0 Å². The Bertz CT molecular complexity index is 183. The van der Waals surface area contributed by atoms with E-state index in [1.165, 1.54) is 17.9 Å². The van der Waals surface area contributed by atoms with Gasteiger partial charge in [-0.3, -0.25) is 4.79 Å². The van der Waals surface area contributed by atoms with Crippen molar-refractivity contribution < 1.29 is 9.90 Å². The predicted molar refractivity (Wildman–Crippen MR) is 51.4 cm³/mol. The van der Waals surface area contributed by atoms with Gasteiger partial charge in [0, 0.05) is 0 Å². The van der Waals surface area contributed by atoms with Crippen molar-refractivity contribution in [1.82, 2.24) is 0 Å². The largest absolute Gasteiger partial charge is 0.481 e. The van der Waals surface area contributed by atoms with Crippen LogP contribution >= 0.6 is 11.8 Å². The minimum absolute atomic E-state index is 0.140. The third-order valence-electron chi connectivity index (χ3n) is 2.00. The highest BCUT2D eigenvalue weighted by atomic mass is 32.2. The van der Waals surface area contributed by atoms with E-state index < -0.39 is 5.97 Å². The average Bonchev–Trinajstić information content (AvgIpc) is 2.37. The summed E-state index contributed by atoms with van der Waals surface area (Å²) in [6, 6.07) is 0. The molecule has 0 aliphatic carbocycles. The summed E-state index contributed by atoms with van der Waals surface area (Å²) in [5, 5.41) is 8.49. The zero-order chi connectivity index (χ0) is 8.97. The van der Waals surface area contributed by atoms with E-state index in [1.54, 1.807) is 0 Å². The molecule has 3 heteroatoms. The van der Waals surface area contributed by atoms with Gasteiger partial charge in [-0.15, -0.1) is 0 Å². The molecule has 1 fully saturated rings. The van der Waals surface area contributed by atoms with E-state index in [0.717, 1.165) is 12.0 Å². The molecule has 1 aliphatic rings. The Morgan fingerprint density at radius 1 is 1.67 bits per heavy atom. The molecule has 1 rings (SSSR count). The van der Waals surface area contributed by atoms with Crippen molar-refractivity contribution in [2.45, 2.75) is 19.3 Å². The summed E-state index contributed by atoms with van der Waals surface area (Å²) in [5.74, 6) is 2.33. The lowest BCUT2D eigenvalue weighted by Crippen LogP contribution is -2.03. The van der Waals surface area contributed by atoms with Crippen molar-refractivity contribution in [2.24, 2.45) is 5.92 Å². The molecule has 0 bridgehead atoms. The standard InChI is InChI=1S/C9H14O2S/c1-7(5-9(10)11)4-8-2-3-12-6-8/h8H,1-6H2,(H,10,11). The van der Waals surface area contributed by atoms with E-state index >= 15 is 0 Å². The van der Waals surface area contributed by atoms with Crippen LogP contribution in [0.2, 0.25) is 0 Å². The summed E-state index contributed by atoms with van der Waals surface area (Å²) in [7, 11) is 0. The summed E-state index contributed by atoms with van der Waals surface area (Å²) < 4.78 is 0. The summed E-state index contributed by atoms with van der Waals surface area (Å²) in [6.45, 7) is 3.77. The summed E-state index contributed by atoms with van der Waals surface area (Å²) in [6.07, 6.45) is 2.27. The van der Waals surface area contributed by atoms with Crippen LogP contribution in [-0.4, -0.2) is 22.6 Å². The highest BCUT2D eigenvalue weighted by Crippen LogP contribution is 2.28. The summed E-state index contributed by atoms with van der Waals surface area (Å²) in [4.78, 5) is 10.3. The summed E-state index contributed by atoms with van der Waals surface area (Å²) in [5.41, 5.74) is 0.870. The fourth-order valence-corrected chi connectivity index (χ4v) is 2.72. The average molecular weight is 186 g/mol. The third-order valence-corrected chi connectivity index (χ3v) is 3.23. The maximum Gasteiger partial charge on any atom is 0.307 e. The van der Waals surface area contributed by atoms with Crippen LogP contribution < -0.4 is 0 Å². The minimum Gasteiger partial charge on any atom is -0.481 e. The van der Waals surface area contributed by atoms with E-state index in [2.05, 4.69) is 6.58 Å². The third kappa shape index (κ3) is 3.30. The lowest BCUT2D eigenvalue weighted by atomic mass is 9.98. The van der Waals surface area contributed by atoms with E-state index in [9.17, 15) is 4.79 Å². The van der Waals surface area contributed by atoms with Crippen LogP contribution in [0.3, 0.4) is 0 Å². The molecule has 0 amide bonds. The maximum atomic E-state index is 10.3. The molecule has 0 aromatic carbocycles. The van der Waals surface area contributed by atoms with Crippen molar-refractivity contribution in [2.75, 3.05) is 11.5 Å². The van der Waals surface area contributed by atoms with Crippen molar-refractivity contribution in [1.29, 1.82) is 0 Å². The molecule has 12 heavy (non-hydrogen) atoms. The first-order valence-corrected chi connectivity index (χ1v) is 5.30. The van der Waals surface area contributed by atoms with Gasteiger partial charge in [0.1, 0.15) is 0 Å². The smallest absolute Gasteiger partial charge is 0.307 e. The Balaban J connectivity index is 2.20. The van der Waals surface area contributed by atoms with Crippen LogP contribution in [0.15, 0.2) is 12.2 Å². The van der Waals surface area contributed by atoms with Crippen LogP contribution in [0.1, 0.15) is 19.3 Å². The lowest BCUT2D eigenvalue weighted by molar-refractivity contribution is -0.136. The van der Waals surface area contributed by atoms with E-state index in [0.29, 0.717) is 5.92 Å². The van der Waals surface area contributed by atoms with Crippen molar-refractivity contribution in [3.63, 3.8) is 0 Å². The molecule has 1 N–H and O–H groups in total. The summed E-state index contributed by atoms with van der Waals surface area (Å²) >= 11 is 1.95. The molecule has 1 aliphatic heterocycles. The van der Waals surface area contributed by atoms with Gasteiger partial charge in [-0.2, -0.15) is 11.8 Å². The van der Waals surface area contributed by atoms with Crippen LogP contribution in [0.4, 0.5) is 0 Å². The highest BCUT2D eigenvalue weighted by molar-refractivity contribution is 7.99. The predicted octanol–water partition coefficient (Wildman–Crippen LogP) is 2.16. The van der Waals surface area contributed by atoms with Crippen LogP contribution in [0.25, 0.3) is 0 Å². The first kappa shape index (κ1) is 9.65. The number of hydrogen-bond acceptors (Lipinski definition) is 2. The van der Waals surface area contributed by atoms with Crippen LogP contribution in [-0.2, 0) is 4.79 Å². The number of rotatable bonds is 4. The molecule has 0 radical (unpaired) electrons. The first-order chi connectivity index (χ1) is 5.68. The number of aliphatic carboxylic acids is 1. The van der Waals surface area contributed by atoms with Crippen molar-refractivity contribution in [3.05, 3.63) is 12.2 Å². The van der Waals surface area contributed by atoms with Gasteiger partial charge in [0.2, 0.25) is 0 Å². The molecule has 1 heterocycles. The first-order valence-electron chi connectivity index (χ1n) is 4.14. The van der Waals surface area contributed by atoms with E-state index in [1.807, 2.05) is 11.8 Å². The molecular formula is C9H14O2S. The fourth-order valence-electron chi connectivity index (χ4n) is 1.44. The Morgan fingerprint density at radius 2 is 2.42 bits per heavy atom. The second-order valence-electron chi connectivity index (χ2n) is 3.25. The van der Waals surface area contributed by atoms with Gasteiger partial charge in [-0.25, -0.2) is 0 Å². The maximum absolute atomic E-state index is 10.3. The van der Waals surface area contributed by atoms with Gasteiger partial charge < -0.3 is 5.11 Å². The molecule has 0 aromatic rings. The Hall–Kier alpha value is -0.440. The van der Waals surface area contributed by atoms with Crippen LogP contribution in [0.5, 0.6) is 0 Å². The second kappa shape index (κ2) is 4.55. The Kier molecular flexibility index (Phi) is 3.66. The Labute approximate surface area is 77.0 Å². The van der Waals surface area contributed by atoms with Crippen LogP contribution in [0, 0.1) is 5.92 Å². The van der Waals surface area contributed by atoms with Gasteiger partial charge in [0.25, 0.3) is 0 Å². The minimum atomic E-state index is -0.759. The highest BCUT2D eigenvalue weighted by Gasteiger charge is 2.16. The second-order valence-corrected chi connectivity index (χ2v) is 4.40. The number of carboxylic acids is 1. The van der Waals surface area contributed by atoms with Gasteiger partial charge in [-0.05, 0) is 30.3 Å². The van der Waals surface area contributed by atoms with Crippen molar-refractivity contribution in [3.8, 4) is 0 Å². The van der Waals surface area contributed by atoms with Gasteiger partial charge in [-0.1, -0.05) is 12.2 Å². The lowest BCUT2D eigenvalue weighted by Gasteiger charge is -2.08. The zero-order valence-corrected chi connectivity index (χ0v) is 7.90. The monoisotopic (exact) mass is 186 g/mol. The number of carboxylic acid groups (broad SMARTS) is 1. The quantitative estimate of drug-likeness (QED) is 0.684. The Morgan fingerprint density at radius 3 is 2.92 bits per heavy atom. The number of hydrogen-bond donors (Lipinski definition) is 1. The SMILES string of the molecule is C=C(CC(=O)O)CC1CCSC1. The zero-order valence-electron chi connectivity index (χ0n) is 7.08. The van der Waals surface area contributed by atoms with Gasteiger partial charge in [0.05, 0.1) is 6.42 Å². The molecule has 1 atom stereocenters. The number of thioether (sulfide) groups is 1. The normalized spacial score (nSPS) is 22.5. The van der Waals surface area contributed by atoms with Crippen molar-refractivity contribution >= 4 is 17.7 Å². The molecule has 0 aromatic heterocycles. The molecular weight excluding hydrogens is 172 g/mol. The fraction of sp³-hybridized carbons (Fsp3) is 0.667. The van der Waals surface area contributed by atoms with Gasteiger partial charge >= 0.3 is 5.97 Å².